The molecule has 0 spiro atoms. The van der Waals surface area contributed by atoms with Crippen molar-refractivity contribution in [2.45, 2.75) is 13.3 Å². The highest BCUT2D eigenvalue weighted by molar-refractivity contribution is 5.86. The van der Waals surface area contributed by atoms with Crippen molar-refractivity contribution in [1.82, 2.24) is 4.98 Å². The Morgan fingerprint density at radius 1 is 1.26 bits per heavy atom. The van der Waals surface area contributed by atoms with Gasteiger partial charge in [0.25, 0.3) is 0 Å². The molecule has 0 aliphatic heterocycles. The Kier molecular flexibility index (Phi) is 4.13. The number of aromatic nitrogens is 1. The molecule has 2 rings (SSSR count). The number of aromatic carboxylic acids is 1. The van der Waals surface area contributed by atoms with Crippen molar-refractivity contribution in [3.63, 3.8) is 0 Å². The summed E-state index contributed by atoms with van der Waals surface area (Å²) >= 11 is 0. The highest BCUT2D eigenvalue weighted by atomic mass is 16.5. The molecule has 1 N–H and O–H groups in total. The van der Waals surface area contributed by atoms with Gasteiger partial charge in [0.1, 0.15) is 5.75 Å². The molecule has 4 heteroatoms. The van der Waals surface area contributed by atoms with Gasteiger partial charge in [0.05, 0.1) is 12.3 Å². The van der Waals surface area contributed by atoms with E-state index in [1.807, 2.05) is 37.3 Å². The molecule has 1 aromatic carbocycles. The van der Waals surface area contributed by atoms with Crippen LogP contribution in [-0.4, -0.2) is 22.7 Å². The number of carboxylic acid groups (broad SMARTS) is 1. The van der Waals surface area contributed by atoms with Crippen LogP contribution in [0.4, 0.5) is 0 Å². The molecule has 0 fully saturated rings. The van der Waals surface area contributed by atoms with Crippen molar-refractivity contribution in [3.05, 3.63) is 48.2 Å². The lowest BCUT2D eigenvalue weighted by molar-refractivity contribution is 0.0690. The fourth-order valence-corrected chi connectivity index (χ4v) is 1.68. The first-order chi connectivity index (χ1) is 9.20. The fraction of sp³-hybridized carbons (Fsp3) is 0.200. The van der Waals surface area contributed by atoms with E-state index in [1.54, 1.807) is 6.07 Å². The van der Waals surface area contributed by atoms with E-state index in [1.165, 1.54) is 6.07 Å². The number of carboxylic acids is 1. The highest BCUT2D eigenvalue weighted by Gasteiger charge is 2.10. The quantitative estimate of drug-likeness (QED) is 0.893. The molecule has 0 aliphatic carbocycles. The summed E-state index contributed by atoms with van der Waals surface area (Å²) in [5.74, 6) is -0.521. The lowest BCUT2D eigenvalue weighted by atomic mass is 10.1. The Morgan fingerprint density at radius 2 is 2.00 bits per heavy atom. The number of pyridine rings is 1. The Labute approximate surface area is 111 Å². The smallest absolute Gasteiger partial charge is 0.354 e. The minimum atomic E-state index is -1.06. The Morgan fingerprint density at radius 3 is 2.63 bits per heavy atom. The van der Waals surface area contributed by atoms with Gasteiger partial charge in [0.2, 0.25) is 0 Å². The van der Waals surface area contributed by atoms with Crippen LogP contribution >= 0.6 is 0 Å². The van der Waals surface area contributed by atoms with Crippen LogP contribution in [0.25, 0.3) is 11.3 Å². The van der Waals surface area contributed by atoms with Gasteiger partial charge in [-0.1, -0.05) is 37.3 Å². The second-order valence-electron chi connectivity index (χ2n) is 4.09. The van der Waals surface area contributed by atoms with Gasteiger partial charge >= 0.3 is 5.97 Å². The molecule has 0 radical (unpaired) electrons. The second kappa shape index (κ2) is 6.00. The van der Waals surface area contributed by atoms with E-state index in [-0.39, 0.29) is 5.69 Å². The zero-order chi connectivity index (χ0) is 13.7. The zero-order valence-corrected chi connectivity index (χ0v) is 10.7. The number of rotatable bonds is 5. The van der Waals surface area contributed by atoms with Crippen LogP contribution in [0, 0.1) is 0 Å². The molecule has 0 aliphatic rings. The van der Waals surface area contributed by atoms with Crippen LogP contribution in [0.3, 0.4) is 0 Å². The molecule has 2 aromatic rings. The predicted octanol–water partition coefficient (Wildman–Crippen LogP) is 3.24. The van der Waals surface area contributed by atoms with Crippen molar-refractivity contribution in [2.24, 2.45) is 0 Å². The molecule has 0 amide bonds. The number of benzene rings is 1. The van der Waals surface area contributed by atoms with Gasteiger partial charge in [0, 0.05) is 17.7 Å². The summed E-state index contributed by atoms with van der Waals surface area (Å²) in [7, 11) is 0. The molecular weight excluding hydrogens is 242 g/mol. The van der Waals surface area contributed by atoms with Gasteiger partial charge in [-0.3, -0.25) is 0 Å². The Hall–Kier alpha value is -2.36. The molecule has 98 valence electrons. The largest absolute Gasteiger partial charge is 0.493 e. The maximum atomic E-state index is 11.1. The average Bonchev–Trinajstić information content (AvgIpc) is 2.45. The molecule has 1 aromatic heterocycles. The Bertz CT molecular complexity index is 567. The van der Waals surface area contributed by atoms with Gasteiger partial charge in [-0.25, -0.2) is 9.78 Å². The molecular formula is C15H15NO3. The van der Waals surface area contributed by atoms with Gasteiger partial charge in [0.15, 0.2) is 5.69 Å². The number of carbonyl (C=O) groups is 1. The summed E-state index contributed by atoms with van der Waals surface area (Å²) in [6.45, 7) is 2.55. The molecule has 0 bridgehead atoms. The van der Waals surface area contributed by atoms with Crippen molar-refractivity contribution < 1.29 is 14.6 Å². The number of nitrogens with zero attached hydrogens (tertiary/aromatic N) is 1. The summed E-state index contributed by atoms with van der Waals surface area (Å²) < 4.78 is 5.50. The van der Waals surface area contributed by atoms with Crippen molar-refractivity contribution in [2.75, 3.05) is 6.61 Å². The van der Waals surface area contributed by atoms with Crippen LogP contribution in [0.5, 0.6) is 5.75 Å². The number of hydrogen-bond donors (Lipinski definition) is 1. The third-order valence-corrected chi connectivity index (χ3v) is 2.56. The second-order valence-corrected chi connectivity index (χ2v) is 4.09. The highest BCUT2D eigenvalue weighted by Crippen LogP contribution is 2.23. The van der Waals surface area contributed by atoms with Crippen molar-refractivity contribution >= 4 is 5.97 Å². The normalized spacial score (nSPS) is 10.2. The van der Waals surface area contributed by atoms with E-state index in [0.717, 1.165) is 12.0 Å². The number of hydrogen-bond acceptors (Lipinski definition) is 3. The molecule has 1 heterocycles. The van der Waals surface area contributed by atoms with Gasteiger partial charge in [-0.2, -0.15) is 0 Å². The summed E-state index contributed by atoms with van der Waals surface area (Å²) in [6.07, 6.45) is 0.866. The molecule has 0 saturated heterocycles. The predicted molar refractivity (Wildman–Crippen MR) is 72.4 cm³/mol. The molecule has 4 nitrogen and oxygen atoms in total. The summed E-state index contributed by atoms with van der Waals surface area (Å²) in [6, 6.07) is 12.7. The first-order valence-corrected chi connectivity index (χ1v) is 6.14. The van der Waals surface area contributed by atoms with Crippen LogP contribution < -0.4 is 4.74 Å². The molecule has 0 unspecified atom stereocenters. The van der Waals surface area contributed by atoms with Crippen LogP contribution in [0.15, 0.2) is 42.5 Å². The van der Waals surface area contributed by atoms with Gasteiger partial charge < -0.3 is 9.84 Å². The van der Waals surface area contributed by atoms with Crippen LogP contribution in [0.1, 0.15) is 23.8 Å². The zero-order valence-electron chi connectivity index (χ0n) is 10.7. The first kappa shape index (κ1) is 13.1. The van der Waals surface area contributed by atoms with Gasteiger partial charge in [-0.05, 0) is 6.42 Å². The van der Waals surface area contributed by atoms with Crippen molar-refractivity contribution in [1.29, 1.82) is 0 Å². The molecule has 0 atom stereocenters. The maximum absolute atomic E-state index is 11.1. The van der Waals surface area contributed by atoms with Crippen molar-refractivity contribution in [3.8, 4) is 17.0 Å². The fourth-order valence-electron chi connectivity index (χ4n) is 1.68. The van der Waals surface area contributed by atoms with Gasteiger partial charge in [-0.15, -0.1) is 0 Å². The lowest BCUT2D eigenvalue weighted by Crippen LogP contribution is -2.04. The van der Waals surface area contributed by atoms with E-state index in [2.05, 4.69) is 4.98 Å². The monoisotopic (exact) mass is 257 g/mol. The topological polar surface area (TPSA) is 59.4 Å². The first-order valence-electron chi connectivity index (χ1n) is 6.14. The maximum Gasteiger partial charge on any atom is 0.354 e. The minimum Gasteiger partial charge on any atom is -0.493 e. The van der Waals surface area contributed by atoms with E-state index in [0.29, 0.717) is 18.1 Å². The summed E-state index contributed by atoms with van der Waals surface area (Å²) in [5, 5.41) is 9.09. The minimum absolute atomic E-state index is 0.00699. The summed E-state index contributed by atoms with van der Waals surface area (Å²) in [5.41, 5.74) is 1.46. The summed E-state index contributed by atoms with van der Waals surface area (Å²) in [4.78, 5) is 15.2. The average molecular weight is 257 g/mol. The standard InChI is InChI=1S/C15H15NO3/c1-2-8-19-12-9-13(11-6-4-3-5-7-11)16-14(10-12)15(17)18/h3-7,9-10H,2,8H2,1H3,(H,17,18). The van der Waals surface area contributed by atoms with Crippen LogP contribution in [-0.2, 0) is 0 Å². The van der Waals surface area contributed by atoms with E-state index in [4.69, 9.17) is 9.84 Å². The van der Waals surface area contributed by atoms with E-state index >= 15 is 0 Å². The Balaban J connectivity index is 2.42. The third-order valence-electron chi connectivity index (χ3n) is 2.56. The lowest BCUT2D eigenvalue weighted by Gasteiger charge is -2.08. The van der Waals surface area contributed by atoms with E-state index in [9.17, 15) is 4.79 Å². The van der Waals surface area contributed by atoms with Crippen LogP contribution in [0.2, 0.25) is 0 Å². The number of ether oxygens (including phenoxy) is 1. The molecule has 19 heavy (non-hydrogen) atoms. The molecule has 0 saturated carbocycles. The third kappa shape index (κ3) is 3.31. The van der Waals surface area contributed by atoms with E-state index < -0.39 is 5.97 Å². The SMILES string of the molecule is CCCOc1cc(C(=O)O)nc(-c2ccccc2)c1.